The molecular weight excluding hydrogens is 383 g/mol. The van der Waals surface area contributed by atoms with Crippen molar-refractivity contribution in [2.45, 2.75) is 64.7 Å². The molecule has 0 radical (unpaired) electrons. The van der Waals surface area contributed by atoms with Crippen LogP contribution in [0, 0.1) is 6.07 Å². The topological polar surface area (TPSA) is 6.48 Å². The fourth-order valence-corrected chi connectivity index (χ4v) is 3.65. The van der Waals surface area contributed by atoms with Crippen LogP contribution in [0.3, 0.4) is 0 Å². The standard InChI is InChI=1S/C18H27N2.BrH.Ni/c1-15-6-4-10-19(15)13-17-8-3-9-18(12-17)14-20-11-5-7-16(20)2;;/h3,8-9,15-16H,4-7,10-11,13-14H2,1-2H3;1H;/q-1;;+1/p-1/t15-,16-;;/m0../s1. The summed E-state index contributed by atoms with van der Waals surface area (Å²) in [6, 6.07) is 11.8. The molecule has 0 saturated carbocycles. The maximum atomic E-state index is 3.69. The second-order valence-corrected chi connectivity index (χ2v) is 6.62. The summed E-state index contributed by atoms with van der Waals surface area (Å²) < 4.78 is 0. The minimum absolute atomic E-state index is 0.741. The van der Waals surface area contributed by atoms with Crippen molar-refractivity contribution >= 4 is 14.2 Å². The normalized spacial score (nSPS) is 26.0. The van der Waals surface area contributed by atoms with E-state index in [1.165, 1.54) is 49.9 Å². The molecule has 2 saturated heterocycles. The molecule has 2 aliphatic heterocycles. The zero-order valence-corrected chi connectivity index (χ0v) is 16.2. The van der Waals surface area contributed by atoms with Crippen LogP contribution in [-0.4, -0.2) is 35.0 Å². The monoisotopic (exact) mass is 408 g/mol. The van der Waals surface area contributed by atoms with Crippen LogP contribution in [0.25, 0.3) is 0 Å². The molecule has 0 bridgehead atoms. The van der Waals surface area contributed by atoms with Gasteiger partial charge >= 0.3 is 27.9 Å². The third-order valence-corrected chi connectivity index (χ3v) is 5.04. The summed E-state index contributed by atoms with van der Waals surface area (Å²) in [5.41, 5.74) is 2.73. The first-order chi connectivity index (χ1) is 10.7. The summed E-state index contributed by atoms with van der Waals surface area (Å²) in [6.07, 6.45) is 5.41. The quantitative estimate of drug-likeness (QED) is 0.540. The van der Waals surface area contributed by atoms with Gasteiger partial charge in [0.25, 0.3) is 0 Å². The van der Waals surface area contributed by atoms with Crippen molar-refractivity contribution in [3.63, 3.8) is 0 Å². The van der Waals surface area contributed by atoms with Gasteiger partial charge in [-0.1, -0.05) is 0 Å². The van der Waals surface area contributed by atoms with Gasteiger partial charge < -0.3 is 0 Å². The van der Waals surface area contributed by atoms with Gasteiger partial charge in [0.05, 0.1) is 0 Å². The third kappa shape index (κ3) is 5.06. The molecule has 0 unspecified atom stereocenters. The van der Waals surface area contributed by atoms with Crippen LogP contribution in [0.1, 0.15) is 50.7 Å². The molecule has 0 aromatic heterocycles. The van der Waals surface area contributed by atoms with Crippen molar-refractivity contribution in [2.24, 2.45) is 0 Å². The van der Waals surface area contributed by atoms with E-state index in [9.17, 15) is 0 Å². The molecule has 2 aliphatic rings. The minimum atomic E-state index is 0.741. The van der Waals surface area contributed by atoms with Gasteiger partial charge in [0.15, 0.2) is 0 Å². The van der Waals surface area contributed by atoms with E-state index in [2.05, 4.69) is 75.8 Å². The molecule has 2 atom stereocenters. The Morgan fingerprint density at radius 1 is 1.00 bits per heavy atom. The summed E-state index contributed by atoms with van der Waals surface area (Å²) in [6.45, 7) is 9.35. The van der Waals surface area contributed by atoms with Gasteiger partial charge in [-0.05, 0) is 52.6 Å². The number of benzene rings is 1. The molecule has 0 amide bonds. The van der Waals surface area contributed by atoms with E-state index in [1.807, 2.05) is 0 Å². The second kappa shape index (κ2) is 9.42. The maximum absolute atomic E-state index is 3.69. The van der Waals surface area contributed by atoms with E-state index in [0.717, 1.165) is 25.2 Å². The molecule has 2 fully saturated rings. The van der Waals surface area contributed by atoms with E-state index in [0.29, 0.717) is 0 Å². The fourth-order valence-electron chi connectivity index (χ4n) is 3.65. The van der Waals surface area contributed by atoms with Crippen LogP contribution >= 0.6 is 14.2 Å². The molecule has 4 heteroatoms. The Labute approximate surface area is 150 Å². The number of hydrogen-bond acceptors (Lipinski definition) is 2. The Morgan fingerprint density at radius 2 is 1.45 bits per heavy atom. The van der Waals surface area contributed by atoms with E-state index >= 15 is 0 Å². The van der Waals surface area contributed by atoms with Crippen molar-refractivity contribution in [3.8, 4) is 0 Å². The Bertz CT molecular complexity index is 417. The van der Waals surface area contributed by atoms with Crippen molar-refractivity contribution in [2.75, 3.05) is 13.1 Å². The zero-order valence-electron chi connectivity index (χ0n) is 13.6. The predicted octanol–water partition coefficient (Wildman–Crippen LogP) is 4.30. The third-order valence-electron chi connectivity index (χ3n) is 5.04. The van der Waals surface area contributed by atoms with Crippen molar-refractivity contribution < 1.29 is 13.7 Å². The Morgan fingerprint density at radius 3 is 1.82 bits per heavy atom. The van der Waals surface area contributed by atoms with Crippen LogP contribution < -0.4 is 0 Å². The van der Waals surface area contributed by atoms with Gasteiger partial charge in [-0.2, -0.15) is 24.3 Å². The van der Waals surface area contributed by atoms with Crippen molar-refractivity contribution in [3.05, 3.63) is 35.4 Å². The second-order valence-electron chi connectivity index (χ2n) is 6.62. The molecule has 2 nitrogen and oxygen atoms in total. The van der Waals surface area contributed by atoms with Gasteiger partial charge in [0, 0.05) is 25.2 Å². The number of rotatable bonds is 4. The van der Waals surface area contributed by atoms with Crippen LogP contribution in [0.5, 0.6) is 0 Å². The van der Waals surface area contributed by atoms with Crippen LogP contribution in [0.15, 0.2) is 18.2 Å². The molecule has 2 heterocycles. The molecule has 0 aliphatic carbocycles. The van der Waals surface area contributed by atoms with Gasteiger partial charge in [-0.15, -0.1) is 11.1 Å². The Hall–Kier alpha value is 0.114. The summed E-state index contributed by atoms with van der Waals surface area (Å²) in [5, 5.41) is 0. The van der Waals surface area contributed by atoms with Crippen molar-refractivity contribution in [1.82, 2.24) is 9.80 Å². The first-order valence-electron chi connectivity index (χ1n) is 8.32. The van der Waals surface area contributed by atoms with Crippen LogP contribution in [0.2, 0.25) is 0 Å². The Balaban J connectivity index is 0.000000847. The van der Waals surface area contributed by atoms with E-state index in [4.69, 9.17) is 0 Å². The van der Waals surface area contributed by atoms with Crippen molar-refractivity contribution in [1.29, 1.82) is 0 Å². The zero-order chi connectivity index (χ0) is 15.9. The predicted molar refractivity (Wildman–Crippen MR) is 92.4 cm³/mol. The molecule has 3 rings (SSSR count). The van der Waals surface area contributed by atoms with Gasteiger partial charge in [0.2, 0.25) is 0 Å². The van der Waals surface area contributed by atoms with Crippen LogP contribution in [0.4, 0.5) is 0 Å². The fraction of sp³-hybridized carbons (Fsp3) is 0.667. The molecule has 127 valence electrons. The SMILES string of the molecule is C[C@H]1CCCN1Cc1[c-]c(CN2CCC[C@@H]2C)ccc1.[Ni][Br]. The summed E-state index contributed by atoms with van der Waals surface area (Å²) in [7, 11) is 0. The number of nitrogens with zero attached hydrogens (tertiary/aromatic N) is 2. The van der Waals surface area contributed by atoms with E-state index in [1.54, 1.807) is 0 Å². The summed E-state index contributed by atoms with van der Waals surface area (Å²) in [5.74, 6) is 0. The average molecular weight is 410 g/mol. The van der Waals surface area contributed by atoms with E-state index in [-0.39, 0.29) is 0 Å². The van der Waals surface area contributed by atoms with Gasteiger partial charge in [-0.25, -0.2) is 0 Å². The Kier molecular flexibility index (Phi) is 7.90. The summed E-state index contributed by atoms with van der Waals surface area (Å²) in [4.78, 5) is 5.18. The molecule has 1 aromatic rings. The first-order valence-corrected chi connectivity index (χ1v) is 10.8. The summed E-state index contributed by atoms with van der Waals surface area (Å²) >= 11 is 6.25. The van der Waals surface area contributed by atoms with Gasteiger partial charge in [0.1, 0.15) is 0 Å². The molecule has 1 aromatic carbocycles. The average Bonchev–Trinajstić information content (AvgIpc) is 3.11. The van der Waals surface area contributed by atoms with Crippen LogP contribution in [-0.2, 0) is 26.8 Å². The molecule has 0 N–H and O–H groups in total. The molecule has 22 heavy (non-hydrogen) atoms. The van der Waals surface area contributed by atoms with E-state index < -0.39 is 0 Å². The first kappa shape index (κ1) is 18.5. The number of halogens is 1. The number of hydrogen-bond donors (Lipinski definition) is 0. The number of likely N-dealkylation sites (tertiary alicyclic amines) is 2. The van der Waals surface area contributed by atoms with Gasteiger partial charge in [-0.3, -0.25) is 9.80 Å². The molecule has 0 spiro atoms. The molecular formula is C18H27BrN2Ni-.